The number of rotatable bonds is 1. The highest BCUT2D eigenvalue weighted by Gasteiger charge is 2.29. The normalized spacial score (nSPS) is 16.6. The van der Waals surface area contributed by atoms with Crippen LogP contribution < -0.4 is 0 Å². The third-order valence-corrected chi connectivity index (χ3v) is 1.68. The Kier molecular flexibility index (Phi) is 2.82. The lowest BCUT2D eigenvalue weighted by molar-refractivity contribution is -0.126. The second-order valence-corrected chi connectivity index (χ2v) is 2.86. The fraction of sp³-hybridized carbons (Fsp3) is 0.400. The fourth-order valence-electron chi connectivity index (χ4n) is 1.04. The molecule has 0 N–H and O–H groups in total. The maximum atomic E-state index is 12.0. The monoisotopic (exact) mass is 186 g/mol. The van der Waals surface area contributed by atoms with Crippen molar-refractivity contribution in [1.29, 1.82) is 0 Å². The molecule has 0 aromatic rings. The summed E-state index contributed by atoms with van der Waals surface area (Å²) in [4.78, 5) is 0. The molecule has 0 radical (unpaired) electrons. The van der Waals surface area contributed by atoms with Crippen LogP contribution in [0.4, 0.5) is 13.2 Å². The first-order valence-electron chi connectivity index (χ1n) is 3.91. The largest absolute Gasteiger partial charge is 0.393 e. The van der Waals surface area contributed by atoms with Crippen molar-refractivity contribution < 1.29 is 13.2 Å². The lowest BCUT2D eigenvalue weighted by Crippen LogP contribution is -2.08. The Labute approximate surface area is 75.1 Å². The van der Waals surface area contributed by atoms with Crippen LogP contribution >= 0.6 is 0 Å². The van der Waals surface area contributed by atoms with E-state index in [1.165, 1.54) is 0 Å². The van der Waals surface area contributed by atoms with Crippen LogP contribution in [0.5, 0.6) is 0 Å². The zero-order valence-corrected chi connectivity index (χ0v) is 7.20. The Morgan fingerprint density at radius 2 is 2.15 bits per heavy atom. The SMILES string of the molecule is CC1=C(CC(F)(F)F)C#CCC=C1. The first-order valence-corrected chi connectivity index (χ1v) is 3.91. The predicted octanol–water partition coefficient (Wildman–Crippen LogP) is 3.22. The topological polar surface area (TPSA) is 0 Å². The molecule has 0 nitrogen and oxygen atoms in total. The average molecular weight is 186 g/mol. The fourth-order valence-corrected chi connectivity index (χ4v) is 1.04. The number of halogens is 3. The molecule has 70 valence electrons. The average Bonchev–Trinajstić information content (AvgIpc) is 2.14. The van der Waals surface area contributed by atoms with E-state index < -0.39 is 12.6 Å². The van der Waals surface area contributed by atoms with E-state index >= 15 is 0 Å². The number of allylic oxidation sites excluding steroid dienone is 4. The summed E-state index contributed by atoms with van der Waals surface area (Å²) in [6.07, 6.45) is -1.11. The van der Waals surface area contributed by atoms with Crippen molar-refractivity contribution in [3.63, 3.8) is 0 Å². The van der Waals surface area contributed by atoms with Crippen molar-refractivity contribution in [1.82, 2.24) is 0 Å². The van der Waals surface area contributed by atoms with E-state index in [2.05, 4.69) is 11.8 Å². The Hall–Kier alpha value is -1.17. The molecule has 0 aromatic carbocycles. The Morgan fingerprint density at radius 3 is 2.77 bits per heavy atom. The molecule has 13 heavy (non-hydrogen) atoms. The van der Waals surface area contributed by atoms with Gasteiger partial charge in [0.2, 0.25) is 0 Å². The standard InChI is InChI=1S/C10H9F3/c1-8-5-3-2-4-6-9(8)7-10(11,12)13/h3,5H,2,7H2,1H3. The number of hydrogen-bond acceptors (Lipinski definition) is 0. The van der Waals surface area contributed by atoms with E-state index in [0.29, 0.717) is 12.0 Å². The summed E-state index contributed by atoms with van der Waals surface area (Å²) in [5.41, 5.74) is 0.795. The van der Waals surface area contributed by atoms with Gasteiger partial charge in [0.25, 0.3) is 0 Å². The zero-order valence-electron chi connectivity index (χ0n) is 7.20. The van der Waals surface area contributed by atoms with Crippen LogP contribution in [0.1, 0.15) is 19.8 Å². The summed E-state index contributed by atoms with van der Waals surface area (Å²) in [7, 11) is 0. The second kappa shape index (κ2) is 3.69. The van der Waals surface area contributed by atoms with Crippen molar-refractivity contribution in [3.05, 3.63) is 23.3 Å². The van der Waals surface area contributed by atoms with E-state index in [4.69, 9.17) is 0 Å². The Balaban J connectivity index is 2.86. The molecule has 3 heteroatoms. The second-order valence-electron chi connectivity index (χ2n) is 2.86. The van der Waals surface area contributed by atoms with Crippen LogP contribution in [0.3, 0.4) is 0 Å². The Morgan fingerprint density at radius 1 is 1.46 bits per heavy atom. The smallest absolute Gasteiger partial charge is 0.171 e. The van der Waals surface area contributed by atoms with Crippen LogP contribution in [0.25, 0.3) is 0 Å². The molecule has 0 atom stereocenters. The Bertz CT molecular complexity index is 307. The molecule has 0 amide bonds. The van der Waals surface area contributed by atoms with Crippen molar-refractivity contribution >= 4 is 0 Å². The summed E-state index contributed by atoms with van der Waals surface area (Å²) in [6, 6.07) is 0. The van der Waals surface area contributed by atoms with Crippen LogP contribution in [0, 0.1) is 11.8 Å². The third-order valence-electron chi connectivity index (χ3n) is 1.68. The molecular weight excluding hydrogens is 177 g/mol. The first kappa shape index (κ1) is 9.91. The highest BCUT2D eigenvalue weighted by atomic mass is 19.4. The minimum absolute atomic E-state index is 0.182. The van der Waals surface area contributed by atoms with Gasteiger partial charge >= 0.3 is 6.18 Å². The van der Waals surface area contributed by atoms with E-state index in [9.17, 15) is 13.2 Å². The van der Waals surface area contributed by atoms with Gasteiger partial charge in [0.05, 0.1) is 6.42 Å². The predicted molar refractivity (Wildman–Crippen MR) is 44.9 cm³/mol. The van der Waals surface area contributed by atoms with Gasteiger partial charge in [-0.15, -0.1) is 0 Å². The molecule has 1 aliphatic rings. The quantitative estimate of drug-likeness (QED) is 0.551. The molecule has 0 saturated heterocycles. The summed E-state index contributed by atoms with van der Waals surface area (Å²) < 4.78 is 36.1. The van der Waals surface area contributed by atoms with Crippen LogP contribution in [-0.4, -0.2) is 6.18 Å². The van der Waals surface area contributed by atoms with Gasteiger partial charge in [-0.2, -0.15) is 13.2 Å². The van der Waals surface area contributed by atoms with E-state index in [0.717, 1.165) is 0 Å². The van der Waals surface area contributed by atoms with Crippen molar-refractivity contribution in [2.24, 2.45) is 0 Å². The minimum atomic E-state index is -4.16. The van der Waals surface area contributed by atoms with Gasteiger partial charge in [-0.1, -0.05) is 24.0 Å². The van der Waals surface area contributed by atoms with Crippen LogP contribution in [0.15, 0.2) is 23.3 Å². The molecule has 0 bridgehead atoms. The molecule has 0 saturated carbocycles. The summed E-state index contributed by atoms with van der Waals surface area (Å²) in [5.74, 6) is 5.19. The molecule has 0 heterocycles. The summed E-state index contributed by atoms with van der Waals surface area (Å²) in [6.45, 7) is 1.65. The lowest BCUT2D eigenvalue weighted by Gasteiger charge is -2.06. The van der Waals surface area contributed by atoms with Gasteiger partial charge in [0, 0.05) is 12.0 Å². The van der Waals surface area contributed by atoms with Gasteiger partial charge in [0.1, 0.15) is 0 Å². The summed E-state index contributed by atoms with van der Waals surface area (Å²) >= 11 is 0. The molecule has 1 aliphatic carbocycles. The van der Waals surface area contributed by atoms with E-state index in [1.807, 2.05) is 0 Å². The molecule has 0 aromatic heterocycles. The van der Waals surface area contributed by atoms with E-state index in [1.54, 1.807) is 19.1 Å². The van der Waals surface area contributed by atoms with Gasteiger partial charge in [-0.05, 0) is 12.5 Å². The van der Waals surface area contributed by atoms with Crippen molar-refractivity contribution in [3.8, 4) is 11.8 Å². The zero-order chi connectivity index (χ0) is 9.90. The highest BCUT2D eigenvalue weighted by molar-refractivity contribution is 5.41. The van der Waals surface area contributed by atoms with Crippen LogP contribution in [0.2, 0.25) is 0 Å². The van der Waals surface area contributed by atoms with E-state index in [-0.39, 0.29) is 5.57 Å². The van der Waals surface area contributed by atoms with Gasteiger partial charge in [-0.3, -0.25) is 0 Å². The summed E-state index contributed by atoms with van der Waals surface area (Å²) in [5, 5.41) is 0. The highest BCUT2D eigenvalue weighted by Crippen LogP contribution is 2.26. The number of alkyl halides is 3. The molecule has 0 unspecified atom stereocenters. The lowest BCUT2D eigenvalue weighted by atomic mass is 10.1. The maximum Gasteiger partial charge on any atom is 0.393 e. The van der Waals surface area contributed by atoms with Crippen molar-refractivity contribution in [2.75, 3.05) is 0 Å². The molecular formula is C10H9F3. The van der Waals surface area contributed by atoms with Gasteiger partial charge in [0.15, 0.2) is 0 Å². The molecule has 0 fully saturated rings. The maximum absolute atomic E-state index is 12.0. The minimum Gasteiger partial charge on any atom is -0.171 e. The molecule has 0 aliphatic heterocycles. The molecule has 0 spiro atoms. The van der Waals surface area contributed by atoms with Gasteiger partial charge < -0.3 is 0 Å². The third kappa shape index (κ3) is 3.37. The van der Waals surface area contributed by atoms with Crippen LogP contribution in [-0.2, 0) is 0 Å². The van der Waals surface area contributed by atoms with Crippen molar-refractivity contribution in [2.45, 2.75) is 25.9 Å². The molecule has 1 rings (SSSR count). The van der Waals surface area contributed by atoms with Gasteiger partial charge in [-0.25, -0.2) is 0 Å². The number of hydrogen-bond donors (Lipinski definition) is 0. The first-order chi connectivity index (χ1) is 5.99.